The van der Waals surface area contributed by atoms with E-state index in [1.165, 1.54) is 22.0 Å². The highest BCUT2D eigenvalue weighted by molar-refractivity contribution is 6.06. The second-order valence-electron chi connectivity index (χ2n) is 6.63. The van der Waals surface area contributed by atoms with Crippen LogP contribution in [0.15, 0.2) is 41.6 Å². The summed E-state index contributed by atoms with van der Waals surface area (Å²) in [4.78, 5) is 12.8. The lowest BCUT2D eigenvalue weighted by Crippen LogP contribution is -2.20. The third-order valence-corrected chi connectivity index (χ3v) is 5.08. The molecule has 1 heterocycles. The van der Waals surface area contributed by atoms with Crippen molar-refractivity contribution in [2.45, 2.75) is 33.6 Å². The number of hydrogen-bond donors (Lipinski definition) is 0. The summed E-state index contributed by atoms with van der Waals surface area (Å²) < 4.78 is 2.14. The molecule has 110 valence electrons. The Morgan fingerprint density at radius 2 is 1.81 bits per heavy atom. The number of fused-ring (bicyclic) bond motifs is 1. The molecule has 1 aliphatic carbocycles. The van der Waals surface area contributed by atoms with Crippen molar-refractivity contribution in [2.75, 3.05) is 0 Å². The zero-order valence-electron chi connectivity index (χ0n) is 13.5. The molecule has 2 aromatic rings. The summed E-state index contributed by atoms with van der Waals surface area (Å²) in [5.41, 5.74) is 4.62. The highest BCUT2D eigenvalue weighted by Gasteiger charge is 2.41. The molecule has 21 heavy (non-hydrogen) atoms. The lowest BCUT2D eigenvalue weighted by atomic mass is 9.78. The van der Waals surface area contributed by atoms with Crippen molar-refractivity contribution in [1.29, 1.82) is 0 Å². The SMILES string of the molecule is CC1=C(C)[C@H](C(C)C)[C@@H](c2cn(C)c3ccccc23)C1=O. The Hall–Kier alpha value is -1.83. The number of para-hydroxylation sites is 1. The van der Waals surface area contributed by atoms with E-state index < -0.39 is 0 Å². The quantitative estimate of drug-likeness (QED) is 0.797. The van der Waals surface area contributed by atoms with Gasteiger partial charge in [0.2, 0.25) is 0 Å². The first-order valence-corrected chi connectivity index (χ1v) is 7.69. The Balaban J connectivity index is 2.20. The van der Waals surface area contributed by atoms with Crippen molar-refractivity contribution in [1.82, 2.24) is 4.57 Å². The van der Waals surface area contributed by atoms with E-state index in [0.717, 1.165) is 5.57 Å². The number of aryl methyl sites for hydroxylation is 1. The number of carbonyl (C=O) groups is 1. The average molecular weight is 281 g/mol. The summed E-state index contributed by atoms with van der Waals surface area (Å²) in [7, 11) is 2.06. The number of hydrogen-bond acceptors (Lipinski definition) is 1. The first kappa shape index (κ1) is 14.1. The van der Waals surface area contributed by atoms with Gasteiger partial charge in [-0.15, -0.1) is 0 Å². The van der Waals surface area contributed by atoms with Crippen LogP contribution in [0.1, 0.15) is 39.2 Å². The van der Waals surface area contributed by atoms with Crippen molar-refractivity contribution < 1.29 is 4.79 Å². The predicted octanol–water partition coefficient (Wildman–Crippen LogP) is 4.45. The molecule has 0 spiro atoms. The van der Waals surface area contributed by atoms with Gasteiger partial charge in [-0.05, 0) is 42.9 Å². The van der Waals surface area contributed by atoms with Gasteiger partial charge < -0.3 is 4.57 Å². The van der Waals surface area contributed by atoms with E-state index in [1.54, 1.807) is 0 Å². The van der Waals surface area contributed by atoms with Gasteiger partial charge in [-0.25, -0.2) is 0 Å². The molecular formula is C19H23NO. The first-order valence-electron chi connectivity index (χ1n) is 7.69. The van der Waals surface area contributed by atoms with Crippen LogP contribution >= 0.6 is 0 Å². The zero-order valence-corrected chi connectivity index (χ0v) is 13.5. The van der Waals surface area contributed by atoms with Gasteiger partial charge in [0.25, 0.3) is 0 Å². The Kier molecular flexibility index (Phi) is 3.27. The lowest BCUT2D eigenvalue weighted by Gasteiger charge is -2.24. The first-order chi connectivity index (χ1) is 9.93. The summed E-state index contributed by atoms with van der Waals surface area (Å²) in [6.45, 7) is 8.55. The number of allylic oxidation sites excluding steroid dienone is 2. The fourth-order valence-corrected chi connectivity index (χ4v) is 3.93. The molecule has 0 N–H and O–H groups in total. The summed E-state index contributed by atoms with van der Waals surface area (Å²) in [5, 5.41) is 1.21. The van der Waals surface area contributed by atoms with Gasteiger partial charge in [-0.2, -0.15) is 0 Å². The van der Waals surface area contributed by atoms with Crippen LogP contribution in [0.5, 0.6) is 0 Å². The van der Waals surface area contributed by atoms with E-state index in [2.05, 4.69) is 62.8 Å². The summed E-state index contributed by atoms with van der Waals surface area (Å²) in [5.74, 6) is 1.08. The van der Waals surface area contributed by atoms with Crippen molar-refractivity contribution in [3.8, 4) is 0 Å². The minimum Gasteiger partial charge on any atom is -0.350 e. The number of Topliss-reactive ketones (excluding diaryl/α,β-unsaturated/α-hetero) is 1. The third-order valence-electron chi connectivity index (χ3n) is 5.08. The van der Waals surface area contributed by atoms with Crippen LogP contribution in [0.3, 0.4) is 0 Å². The van der Waals surface area contributed by atoms with Crippen LogP contribution in [0.2, 0.25) is 0 Å². The number of ketones is 1. The topological polar surface area (TPSA) is 22.0 Å². The Morgan fingerprint density at radius 1 is 1.14 bits per heavy atom. The maximum Gasteiger partial charge on any atom is 0.166 e. The summed E-state index contributed by atoms with van der Waals surface area (Å²) in [6, 6.07) is 8.37. The molecule has 0 unspecified atom stereocenters. The summed E-state index contributed by atoms with van der Waals surface area (Å²) >= 11 is 0. The summed E-state index contributed by atoms with van der Waals surface area (Å²) in [6.07, 6.45) is 2.15. The van der Waals surface area contributed by atoms with E-state index in [0.29, 0.717) is 17.6 Å². The van der Waals surface area contributed by atoms with Crippen LogP contribution in [-0.2, 0) is 11.8 Å². The molecule has 2 nitrogen and oxygen atoms in total. The molecule has 3 rings (SSSR count). The average Bonchev–Trinajstić information content (AvgIpc) is 2.89. The second-order valence-corrected chi connectivity index (χ2v) is 6.63. The van der Waals surface area contributed by atoms with Crippen molar-refractivity contribution >= 4 is 16.7 Å². The molecule has 0 saturated carbocycles. The van der Waals surface area contributed by atoms with Crippen LogP contribution in [0.25, 0.3) is 10.9 Å². The monoisotopic (exact) mass is 281 g/mol. The molecule has 1 aromatic heterocycles. The van der Waals surface area contributed by atoms with Gasteiger partial charge in [0, 0.05) is 24.1 Å². The molecule has 1 aromatic carbocycles. The smallest absolute Gasteiger partial charge is 0.166 e. The van der Waals surface area contributed by atoms with E-state index in [1.807, 2.05) is 6.92 Å². The molecule has 2 atom stereocenters. The van der Waals surface area contributed by atoms with E-state index in [9.17, 15) is 4.79 Å². The number of nitrogens with zero attached hydrogens (tertiary/aromatic N) is 1. The number of aromatic nitrogens is 1. The van der Waals surface area contributed by atoms with Crippen molar-refractivity contribution in [2.24, 2.45) is 18.9 Å². The van der Waals surface area contributed by atoms with Gasteiger partial charge in [-0.3, -0.25) is 4.79 Å². The maximum atomic E-state index is 12.8. The maximum absolute atomic E-state index is 12.8. The molecule has 1 aliphatic rings. The molecule has 0 saturated heterocycles. The minimum atomic E-state index is -0.0175. The number of carbonyl (C=O) groups excluding carboxylic acids is 1. The molecule has 2 heteroatoms. The van der Waals surface area contributed by atoms with Crippen LogP contribution in [0.4, 0.5) is 0 Å². The van der Waals surface area contributed by atoms with Gasteiger partial charge in [0.15, 0.2) is 5.78 Å². The van der Waals surface area contributed by atoms with Gasteiger partial charge in [0.05, 0.1) is 5.92 Å². The lowest BCUT2D eigenvalue weighted by molar-refractivity contribution is -0.117. The second kappa shape index (κ2) is 4.87. The number of rotatable bonds is 2. The highest BCUT2D eigenvalue weighted by Crippen LogP contribution is 2.46. The molecule has 0 aliphatic heterocycles. The molecule has 0 fully saturated rings. The largest absolute Gasteiger partial charge is 0.350 e. The fourth-order valence-electron chi connectivity index (χ4n) is 3.93. The van der Waals surface area contributed by atoms with Crippen LogP contribution < -0.4 is 0 Å². The normalized spacial score (nSPS) is 22.9. The van der Waals surface area contributed by atoms with Gasteiger partial charge >= 0.3 is 0 Å². The predicted molar refractivity (Wildman–Crippen MR) is 87.4 cm³/mol. The van der Waals surface area contributed by atoms with Crippen LogP contribution in [-0.4, -0.2) is 10.4 Å². The highest BCUT2D eigenvalue weighted by atomic mass is 16.1. The van der Waals surface area contributed by atoms with Crippen molar-refractivity contribution in [3.05, 3.63) is 47.2 Å². The standard InChI is InChI=1S/C19H23NO/c1-11(2)17-12(3)13(4)19(21)18(17)15-10-20(5)16-9-7-6-8-14(15)16/h6-11,17-18H,1-5H3/t17-,18+/m0/s1. The Morgan fingerprint density at radius 3 is 2.48 bits per heavy atom. The molecule has 0 radical (unpaired) electrons. The molecule has 0 bridgehead atoms. The van der Waals surface area contributed by atoms with Gasteiger partial charge in [-0.1, -0.05) is 37.6 Å². The molecular weight excluding hydrogens is 258 g/mol. The fraction of sp³-hybridized carbons (Fsp3) is 0.421. The molecule has 0 amide bonds. The zero-order chi connectivity index (χ0) is 15.3. The Labute approximate surface area is 126 Å². The number of benzene rings is 1. The van der Waals surface area contributed by atoms with Crippen molar-refractivity contribution in [3.63, 3.8) is 0 Å². The minimum absolute atomic E-state index is 0.0175. The van der Waals surface area contributed by atoms with E-state index >= 15 is 0 Å². The van der Waals surface area contributed by atoms with Gasteiger partial charge in [0.1, 0.15) is 0 Å². The third kappa shape index (κ3) is 1.97. The van der Waals surface area contributed by atoms with E-state index in [-0.39, 0.29) is 5.92 Å². The van der Waals surface area contributed by atoms with E-state index in [4.69, 9.17) is 0 Å². The van der Waals surface area contributed by atoms with Crippen LogP contribution in [0, 0.1) is 11.8 Å². The Bertz CT molecular complexity index is 748.